The molecule has 4 fully saturated rings. The van der Waals surface area contributed by atoms with Crippen LogP contribution >= 0.6 is 0 Å². The van der Waals surface area contributed by atoms with Gasteiger partial charge in [0.2, 0.25) is 0 Å². The molecular weight excluding hydrogens is 727 g/mol. The monoisotopic (exact) mass is 785 g/mol. The highest BCUT2D eigenvalue weighted by Gasteiger charge is 2.47. The summed E-state index contributed by atoms with van der Waals surface area (Å²) in [6.45, 7) is 5.86. The normalized spacial score (nSPS) is 25.6. The van der Waals surface area contributed by atoms with E-state index in [2.05, 4.69) is 82.8 Å². The fourth-order valence-electron chi connectivity index (χ4n) is 12.1. The molecule has 1 amide bonds. The maximum absolute atomic E-state index is 13.7. The number of ether oxygens (including phenoxy) is 1. The molecule has 2 aromatic heterocycles. The number of rotatable bonds is 4. The molecule has 3 heterocycles. The lowest BCUT2D eigenvalue weighted by Gasteiger charge is -2.34. The smallest absolute Gasteiger partial charge is 0.411 e. The number of aromatic nitrogens is 4. The average molecular weight is 786 g/mol. The summed E-state index contributed by atoms with van der Waals surface area (Å²) in [5, 5.41) is 0. The molecule has 4 bridgehead atoms. The van der Waals surface area contributed by atoms with E-state index in [4.69, 9.17) is 14.7 Å². The van der Waals surface area contributed by atoms with Crippen LogP contribution in [-0.2, 0) is 30.4 Å². The summed E-state index contributed by atoms with van der Waals surface area (Å²) in [7, 11) is 0. The summed E-state index contributed by atoms with van der Waals surface area (Å²) < 4.78 is 5.98. The zero-order chi connectivity index (χ0) is 39.8. The van der Waals surface area contributed by atoms with Crippen LogP contribution < -0.4 is 0 Å². The van der Waals surface area contributed by atoms with E-state index in [-0.39, 0.29) is 18.2 Å². The van der Waals surface area contributed by atoms with E-state index in [0.29, 0.717) is 11.8 Å². The van der Waals surface area contributed by atoms with Crippen molar-refractivity contribution in [1.82, 2.24) is 24.8 Å². The lowest BCUT2D eigenvalue weighted by Crippen LogP contribution is -2.43. The minimum atomic E-state index is -0.541. The van der Waals surface area contributed by atoms with E-state index in [9.17, 15) is 4.79 Å². The first kappa shape index (κ1) is 37.1. The van der Waals surface area contributed by atoms with Gasteiger partial charge in [-0.15, -0.1) is 0 Å². The Bertz CT molecular complexity index is 2540. The summed E-state index contributed by atoms with van der Waals surface area (Å²) in [4.78, 5) is 33.6. The number of H-pyrrole nitrogens is 2. The van der Waals surface area contributed by atoms with Gasteiger partial charge in [0.1, 0.15) is 17.2 Å². The molecule has 59 heavy (non-hydrogen) atoms. The second kappa shape index (κ2) is 14.7. The molecule has 7 aliphatic carbocycles. The number of carbonyl (C=O) groups is 1. The second-order valence-electron chi connectivity index (χ2n) is 19.9. The zero-order valence-electron chi connectivity index (χ0n) is 35.2. The van der Waals surface area contributed by atoms with Gasteiger partial charge >= 0.3 is 6.09 Å². The number of aryl methyl sites for hydroxylation is 4. The van der Waals surface area contributed by atoms with Crippen LogP contribution in [0.5, 0.6) is 0 Å². The Morgan fingerprint density at radius 3 is 1.76 bits per heavy atom. The van der Waals surface area contributed by atoms with E-state index in [1.165, 1.54) is 101 Å². The summed E-state index contributed by atoms with van der Waals surface area (Å²) in [6.07, 6.45) is 17.5. The first-order valence-electron chi connectivity index (χ1n) is 22.9. The molecule has 0 spiro atoms. The molecule has 1 aliphatic heterocycles. The van der Waals surface area contributed by atoms with Gasteiger partial charge in [0.25, 0.3) is 0 Å². The van der Waals surface area contributed by atoms with Crippen molar-refractivity contribution >= 4 is 28.2 Å². The van der Waals surface area contributed by atoms with E-state index in [1.54, 1.807) is 0 Å². The van der Waals surface area contributed by atoms with Gasteiger partial charge < -0.3 is 14.7 Å². The van der Waals surface area contributed by atoms with E-state index < -0.39 is 5.60 Å². The molecular formula is C52H59N5O2. The van der Waals surface area contributed by atoms with Crippen LogP contribution in [0.1, 0.15) is 137 Å². The lowest BCUT2D eigenvalue weighted by molar-refractivity contribution is 0.00953. The second-order valence-corrected chi connectivity index (χ2v) is 19.9. The maximum atomic E-state index is 13.7. The van der Waals surface area contributed by atoms with Crippen molar-refractivity contribution in [1.29, 1.82) is 0 Å². The average Bonchev–Trinajstić information content (AvgIpc) is 4.03. The van der Waals surface area contributed by atoms with Gasteiger partial charge in [-0.1, -0.05) is 87.1 Å². The van der Waals surface area contributed by atoms with Crippen molar-refractivity contribution in [3.63, 3.8) is 0 Å². The van der Waals surface area contributed by atoms with Crippen LogP contribution in [-0.4, -0.2) is 42.6 Å². The number of hydrogen-bond acceptors (Lipinski definition) is 4. The molecule has 0 unspecified atom stereocenters. The van der Waals surface area contributed by atoms with Crippen LogP contribution in [0.3, 0.4) is 0 Å². The highest BCUT2D eigenvalue weighted by Crippen LogP contribution is 2.49. The van der Waals surface area contributed by atoms with Crippen LogP contribution in [0.2, 0.25) is 0 Å². The number of likely N-dealkylation sites (tertiary alicyclic amines) is 1. The number of amides is 1. The number of aromatic amines is 2. The molecule has 304 valence electrons. The van der Waals surface area contributed by atoms with E-state index >= 15 is 0 Å². The molecule has 3 saturated carbocycles. The molecule has 14 rings (SSSR count). The number of nitrogens with zero attached hydrogens (tertiary/aromatic N) is 3. The number of hydrogen-bond donors (Lipinski definition) is 2. The largest absolute Gasteiger partial charge is 0.444 e. The first-order valence-corrected chi connectivity index (χ1v) is 22.9. The Balaban J connectivity index is 0.858. The highest BCUT2D eigenvalue weighted by molar-refractivity contribution is 5.85. The molecule has 0 radical (unpaired) electrons. The van der Waals surface area contributed by atoms with Gasteiger partial charge in [0, 0.05) is 12.0 Å². The SMILES string of the molecule is CC(C)(C)OC(=O)N1[C@H](c2nc3cc(-c4cc5ccc4CCc4ccc(c(-c6ccc7[nH]c([C@H]8C[C@H]9CCCC[C@H]9C8)nc7c6)c4)CC5)ccc3[nH]2)C[C@@H]2CCCC[C@@H]21. The summed E-state index contributed by atoms with van der Waals surface area (Å²) >= 11 is 0. The standard InChI is InChI=1S/C52H59N5O2/c1-52(2,3)59-51(58)57-47-11-7-6-10-39(47)30-48(57)50-54-44-23-21-38(29-46(44)56-50)42-25-32-13-17-33-16-12-31(14-18-34(42)19-15-32)24-41(33)37-20-22-43-45(28-37)55-49(53-43)40-26-35-8-4-5-9-36(35)27-40/h12,15-16,19-25,28-29,35-36,39-40,47-48H,4-11,13-14,17-18,26-27,30H2,1-3H3,(H,53,55)(H,54,56)/t35-,36+,39-,40+,47-,48-/m0/s1. The summed E-state index contributed by atoms with van der Waals surface area (Å²) in [5.74, 6) is 4.97. The number of benzene rings is 4. The van der Waals surface area contributed by atoms with Crippen LogP contribution in [0, 0.1) is 17.8 Å². The maximum Gasteiger partial charge on any atom is 0.411 e. The topological polar surface area (TPSA) is 86.9 Å². The van der Waals surface area contributed by atoms with Gasteiger partial charge in [0.05, 0.1) is 28.1 Å². The molecule has 4 aromatic carbocycles. The van der Waals surface area contributed by atoms with Gasteiger partial charge in [0.15, 0.2) is 0 Å². The Morgan fingerprint density at radius 1 is 0.627 bits per heavy atom. The molecule has 2 N–H and O–H groups in total. The van der Waals surface area contributed by atoms with Gasteiger partial charge in [-0.3, -0.25) is 4.90 Å². The predicted octanol–water partition coefficient (Wildman–Crippen LogP) is 12.6. The zero-order valence-corrected chi connectivity index (χ0v) is 35.2. The predicted molar refractivity (Wildman–Crippen MR) is 236 cm³/mol. The summed E-state index contributed by atoms with van der Waals surface area (Å²) in [6, 6.07) is 28.1. The van der Waals surface area contributed by atoms with Crippen LogP contribution in [0.25, 0.3) is 44.3 Å². The third-order valence-electron chi connectivity index (χ3n) is 15.0. The van der Waals surface area contributed by atoms with Gasteiger partial charge in [-0.2, -0.15) is 0 Å². The number of carbonyl (C=O) groups excluding carboxylic acids is 1. The number of fused-ring (bicyclic) bond motifs is 4. The Hall–Kier alpha value is -4.91. The van der Waals surface area contributed by atoms with E-state index in [0.717, 1.165) is 85.6 Å². The van der Waals surface area contributed by atoms with Gasteiger partial charge in [-0.05, 0) is 165 Å². The van der Waals surface area contributed by atoms with Crippen molar-refractivity contribution in [3.05, 3.63) is 107 Å². The minimum absolute atomic E-state index is 0.103. The fraction of sp³-hybridized carbons (Fsp3) is 0.481. The van der Waals surface area contributed by atoms with Crippen molar-refractivity contribution < 1.29 is 9.53 Å². The van der Waals surface area contributed by atoms with Crippen molar-refractivity contribution in [3.8, 4) is 22.3 Å². The van der Waals surface area contributed by atoms with Crippen molar-refractivity contribution in [2.75, 3.05) is 0 Å². The third kappa shape index (κ3) is 7.06. The number of imidazole rings is 2. The Labute approximate surface area is 348 Å². The molecule has 1 saturated heterocycles. The van der Waals surface area contributed by atoms with Crippen molar-refractivity contribution in [2.24, 2.45) is 17.8 Å². The molecule has 7 nitrogen and oxygen atoms in total. The lowest BCUT2D eigenvalue weighted by atomic mass is 9.82. The fourth-order valence-corrected chi connectivity index (χ4v) is 12.1. The first-order chi connectivity index (χ1) is 28.7. The molecule has 6 aromatic rings. The van der Waals surface area contributed by atoms with Crippen LogP contribution in [0.15, 0.2) is 72.8 Å². The van der Waals surface area contributed by atoms with Crippen molar-refractivity contribution in [2.45, 2.75) is 141 Å². The highest BCUT2D eigenvalue weighted by atomic mass is 16.6. The quantitative estimate of drug-likeness (QED) is 0.186. The Kier molecular flexibility index (Phi) is 9.23. The molecule has 7 heteroatoms. The third-order valence-corrected chi connectivity index (χ3v) is 15.0. The number of nitrogens with one attached hydrogen (secondary N) is 2. The van der Waals surface area contributed by atoms with E-state index in [1.807, 2.05) is 25.7 Å². The van der Waals surface area contributed by atoms with Gasteiger partial charge in [-0.25, -0.2) is 14.8 Å². The molecule has 8 aliphatic rings. The summed E-state index contributed by atoms with van der Waals surface area (Å²) in [5.41, 5.74) is 14.3. The molecule has 6 atom stereocenters. The Morgan fingerprint density at radius 2 is 1.17 bits per heavy atom. The van der Waals surface area contributed by atoms with Crippen LogP contribution in [0.4, 0.5) is 4.79 Å². The minimum Gasteiger partial charge on any atom is -0.444 e.